The average molecular weight is 554 g/mol. The summed E-state index contributed by atoms with van der Waals surface area (Å²) in [5, 5.41) is 17.4. The van der Waals surface area contributed by atoms with E-state index in [1.807, 2.05) is 30.3 Å². The lowest BCUT2D eigenvalue weighted by atomic mass is 9.84. The number of benzene rings is 2. The molecule has 2 aromatic carbocycles. The van der Waals surface area contributed by atoms with Crippen LogP contribution >= 0.6 is 35.0 Å². The second-order valence-electron chi connectivity index (χ2n) is 7.80. The lowest BCUT2D eigenvalue weighted by Gasteiger charge is -2.29. The van der Waals surface area contributed by atoms with E-state index >= 15 is 0 Å². The van der Waals surface area contributed by atoms with Gasteiger partial charge in [-0.25, -0.2) is 4.79 Å². The zero-order chi connectivity index (χ0) is 26.4. The van der Waals surface area contributed by atoms with Crippen LogP contribution in [0.2, 0.25) is 10.0 Å². The van der Waals surface area contributed by atoms with Gasteiger partial charge in [-0.05, 0) is 42.8 Å². The monoisotopic (exact) mass is 553 g/mol. The second-order valence-corrected chi connectivity index (χ2v) is 9.66. The number of nitriles is 1. The molecule has 10 heteroatoms. The summed E-state index contributed by atoms with van der Waals surface area (Å²) < 4.78 is 11.0. The van der Waals surface area contributed by atoms with Crippen LogP contribution in [0, 0.1) is 11.3 Å². The Labute approximate surface area is 228 Å². The van der Waals surface area contributed by atoms with Gasteiger partial charge in [0, 0.05) is 15.7 Å². The predicted octanol–water partition coefficient (Wildman–Crippen LogP) is 6.35. The van der Waals surface area contributed by atoms with E-state index in [1.54, 1.807) is 37.3 Å². The summed E-state index contributed by atoms with van der Waals surface area (Å²) in [5.74, 6) is -1.34. The van der Waals surface area contributed by atoms with E-state index in [0.717, 1.165) is 17.3 Å². The smallest absolute Gasteiger partial charge is 0.337 e. The van der Waals surface area contributed by atoms with Crippen molar-refractivity contribution >= 4 is 58.2 Å². The standard InChI is InChI=1S/C27H21Cl2N3O4S/c1-2-35-27(34)24-23(21-9-6-10-36-21)20(14-30)26(32-25(24)16-7-4-3-5-8-16)37-15-22(33)31-19-12-17(28)11-18(29)13-19/h3-13,23,32H,2,15H2,1H3,(H,31,33)/t23-/m0/s1. The van der Waals surface area contributed by atoms with Crippen LogP contribution in [0.5, 0.6) is 0 Å². The molecule has 188 valence electrons. The van der Waals surface area contributed by atoms with Crippen molar-refractivity contribution in [3.8, 4) is 6.07 Å². The summed E-state index contributed by atoms with van der Waals surface area (Å²) >= 11 is 13.2. The zero-order valence-electron chi connectivity index (χ0n) is 19.6. The van der Waals surface area contributed by atoms with Gasteiger partial charge in [-0.2, -0.15) is 5.26 Å². The molecule has 2 heterocycles. The number of anilines is 1. The molecule has 37 heavy (non-hydrogen) atoms. The van der Waals surface area contributed by atoms with Gasteiger partial charge >= 0.3 is 5.97 Å². The van der Waals surface area contributed by atoms with E-state index in [2.05, 4.69) is 16.7 Å². The van der Waals surface area contributed by atoms with Crippen LogP contribution in [0.15, 0.2) is 87.5 Å². The molecule has 0 saturated carbocycles. The normalized spacial score (nSPS) is 15.1. The highest BCUT2D eigenvalue weighted by molar-refractivity contribution is 8.03. The number of esters is 1. The number of hydrogen-bond acceptors (Lipinski definition) is 7. The van der Waals surface area contributed by atoms with Crippen molar-refractivity contribution in [2.45, 2.75) is 12.8 Å². The highest BCUT2D eigenvalue weighted by atomic mass is 35.5. The van der Waals surface area contributed by atoms with Gasteiger partial charge in [0.1, 0.15) is 5.76 Å². The lowest BCUT2D eigenvalue weighted by Crippen LogP contribution is -2.29. The Balaban J connectivity index is 1.70. The van der Waals surface area contributed by atoms with Crippen LogP contribution in [0.4, 0.5) is 5.69 Å². The first-order valence-corrected chi connectivity index (χ1v) is 13.0. The van der Waals surface area contributed by atoms with Crippen LogP contribution < -0.4 is 10.6 Å². The molecule has 3 aromatic rings. The third-order valence-corrected chi connectivity index (χ3v) is 6.78. The molecule has 0 spiro atoms. The van der Waals surface area contributed by atoms with E-state index in [-0.39, 0.29) is 29.4 Å². The minimum Gasteiger partial charge on any atom is -0.468 e. The van der Waals surface area contributed by atoms with Gasteiger partial charge in [0.15, 0.2) is 0 Å². The van der Waals surface area contributed by atoms with E-state index in [1.165, 1.54) is 6.26 Å². The van der Waals surface area contributed by atoms with Crippen LogP contribution in [-0.2, 0) is 14.3 Å². The number of rotatable bonds is 8. The number of amides is 1. The molecule has 1 atom stereocenters. The number of furan rings is 1. The van der Waals surface area contributed by atoms with Gasteiger partial charge in [-0.1, -0.05) is 65.3 Å². The van der Waals surface area contributed by atoms with Crippen molar-refractivity contribution in [2.75, 3.05) is 17.7 Å². The summed E-state index contributed by atoms with van der Waals surface area (Å²) in [4.78, 5) is 25.9. The summed E-state index contributed by atoms with van der Waals surface area (Å²) in [7, 11) is 0. The van der Waals surface area contributed by atoms with Gasteiger partial charge in [-0.15, -0.1) is 0 Å². The van der Waals surface area contributed by atoms with Crippen molar-refractivity contribution in [1.82, 2.24) is 5.32 Å². The Morgan fingerprint density at radius 3 is 2.49 bits per heavy atom. The number of carbonyl (C=O) groups excluding carboxylic acids is 2. The van der Waals surface area contributed by atoms with E-state index in [4.69, 9.17) is 32.4 Å². The Hall–Kier alpha value is -3.64. The fraction of sp³-hybridized carbons (Fsp3) is 0.148. The molecule has 1 aliphatic rings. The number of dihydropyridines is 1. The average Bonchev–Trinajstić information content (AvgIpc) is 3.41. The first kappa shape index (κ1) is 26.4. The van der Waals surface area contributed by atoms with Crippen LogP contribution in [0.3, 0.4) is 0 Å². The first-order chi connectivity index (χ1) is 17.9. The Morgan fingerprint density at radius 2 is 1.86 bits per heavy atom. The molecule has 0 aliphatic carbocycles. The molecule has 0 unspecified atom stereocenters. The zero-order valence-corrected chi connectivity index (χ0v) is 21.9. The minimum absolute atomic E-state index is 0.0284. The predicted molar refractivity (Wildman–Crippen MR) is 145 cm³/mol. The maximum atomic E-state index is 13.2. The third kappa shape index (κ3) is 6.20. The third-order valence-electron chi connectivity index (χ3n) is 5.33. The molecule has 0 radical (unpaired) electrons. The van der Waals surface area contributed by atoms with Crippen LogP contribution in [0.25, 0.3) is 5.70 Å². The fourth-order valence-corrected chi connectivity index (χ4v) is 5.23. The molecule has 0 saturated heterocycles. The van der Waals surface area contributed by atoms with Gasteiger partial charge in [0.25, 0.3) is 0 Å². The number of ether oxygens (including phenoxy) is 1. The van der Waals surface area contributed by atoms with Gasteiger partial charge < -0.3 is 19.8 Å². The maximum Gasteiger partial charge on any atom is 0.337 e. The summed E-state index contributed by atoms with van der Waals surface area (Å²) in [6.07, 6.45) is 1.48. The minimum atomic E-state index is -0.826. The molecular formula is C27H21Cl2N3O4S. The van der Waals surface area contributed by atoms with Crippen LogP contribution in [-0.4, -0.2) is 24.2 Å². The second kappa shape index (κ2) is 12.1. The van der Waals surface area contributed by atoms with Gasteiger partial charge in [0.05, 0.1) is 52.5 Å². The van der Waals surface area contributed by atoms with Crippen molar-refractivity contribution in [2.24, 2.45) is 0 Å². The Kier molecular flexibility index (Phi) is 8.62. The quantitative estimate of drug-likeness (QED) is 0.313. The maximum absolute atomic E-state index is 13.2. The molecule has 1 aliphatic heterocycles. The number of nitrogens with one attached hydrogen (secondary N) is 2. The number of carbonyl (C=O) groups is 2. The van der Waals surface area contributed by atoms with Gasteiger partial charge in [-0.3, -0.25) is 4.79 Å². The number of thioether (sulfide) groups is 1. The summed E-state index contributed by atoms with van der Waals surface area (Å²) in [6, 6.07) is 19.6. The molecule has 4 rings (SSSR count). The molecule has 0 fully saturated rings. The molecule has 1 amide bonds. The van der Waals surface area contributed by atoms with Crippen molar-refractivity contribution in [3.63, 3.8) is 0 Å². The lowest BCUT2D eigenvalue weighted by molar-refractivity contribution is -0.138. The largest absolute Gasteiger partial charge is 0.468 e. The summed E-state index contributed by atoms with van der Waals surface area (Å²) in [6.45, 7) is 1.88. The highest BCUT2D eigenvalue weighted by Gasteiger charge is 2.38. The van der Waals surface area contributed by atoms with E-state index in [9.17, 15) is 14.9 Å². The molecule has 1 aromatic heterocycles. The number of nitrogens with zero attached hydrogens (tertiary/aromatic N) is 1. The molecular weight excluding hydrogens is 533 g/mol. The number of hydrogen-bond donors (Lipinski definition) is 2. The Bertz CT molecular complexity index is 1390. The molecule has 2 N–H and O–H groups in total. The SMILES string of the molecule is CCOC(=O)C1=C(c2ccccc2)NC(SCC(=O)Nc2cc(Cl)cc(Cl)c2)=C(C#N)[C@H]1c1ccco1. The van der Waals surface area contributed by atoms with Crippen molar-refractivity contribution in [3.05, 3.63) is 104 Å². The first-order valence-electron chi connectivity index (χ1n) is 11.2. The topological polar surface area (TPSA) is 104 Å². The van der Waals surface area contributed by atoms with Crippen molar-refractivity contribution in [1.29, 1.82) is 5.26 Å². The molecule has 0 bridgehead atoms. The van der Waals surface area contributed by atoms with Crippen molar-refractivity contribution < 1.29 is 18.7 Å². The Morgan fingerprint density at radius 1 is 1.14 bits per heavy atom. The number of halogens is 2. The van der Waals surface area contributed by atoms with Crippen LogP contribution in [0.1, 0.15) is 24.2 Å². The summed E-state index contributed by atoms with van der Waals surface area (Å²) in [5.41, 5.74) is 2.14. The van der Waals surface area contributed by atoms with E-state index in [0.29, 0.717) is 32.2 Å². The highest BCUT2D eigenvalue weighted by Crippen LogP contribution is 2.43. The number of allylic oxidation sites excluding steroid dienone is 1. The van der Waals surface area contributed by atoms with E-state index < -0.39 is 11.9 Å². The van der Waals surface area contributed by atoms with Gasteiger partial charge in [0.2, 0.25) is 5.91 Å². The molecule has 7 nitrogen and oxygen atoms in total. The fourth-order valence-electron chi connectivity index (χ4n) is 3.86.